The molecule has 0 radical (unpaired) electrons. The molecule has 6 heteroatoms. The maximum absolute atomic E-state index is 12.2. The lowest BCUT2D eigenvalue weighted by molar-refractivity contribution is -0.131. The quantitative estimate of drug-likeness (QED) is 0.797. The molecule has 1 amide bonds. The minimum absolute atomic E-state index is 0.0605. The predicted molar refractivity (Wildman–Crippen MR) is 81.7 cm³/mol. The molecule has 3 saturated heterocycles. The largest absolute Gasteiger partial charge is 0.381 e. The third kappa shape index (κ3) is 4.19. The maximum atomic E-state index is 12.2. The van der Waals surface area contributed by atoms with Crippen molar-refractivity contribution in [2.45, 2.75) is 31.8 Å². The SMILES string of the molecule is O=C(NCC1(CN2CCOCC2)CCOCC1)C1CCCO1. The second kappa shape index (κ2) is 7.73. The zero-order valence-corrected chi connectivity index (χ0v) is 13.3. The van der Waals surface area contributed by atoms with Crippen LogP contribution in [0.15, 0.2) is 0 Å². The van der Waals surface area contributed by atoms with Crippen molar-refractivity contribution in [2.24, 2.45) is 5.41 Å². The van der Waals surface area contributed by atoms with Crippen molar-refractivity contribution in [3.8, 4) is 0 Å². The summed E-state index contributed by atoms with van der Waals surface area (Å²) in [5.74, 6) is 0.0605. The smallest absolute Gasteiger partial charge is 0.249 e. The number of ether oxygens (including phenoxy) is 3. The summed E-state index contributed by atoms with van der Waals surface area (Å²) in [6.07, 6.45) is 3.63. The third-order valence-corrected chi connectivity index (χ3v) is 5.08. The van der Waals surface area contributed by atoms with Crippen LogP contribution in [0.1, 0.15) is 25.7 Å². The van der Waals surface area contributed by atoms with E-state index in [1.807, 2.05) is 0 Å². The Morgan fingerprint density at radius 1 is 1.09 bits per heavy atom. The molecule has 3 aliphatic heterocycles. The second-order valence-electron chi connectivity index (χ2n) is 6.72. The molecule has 0 aromatic rings. The lowest BCUT2D eigenvalue weighted by atomic mass is 9.79. The zero-order chi connectivity index (χ0) is 15.3. The van der Waals surface area contributed by atoms with E-state index < -0.39 is 0 Å². The lowest BCUT2D eigenvalue weighted by Crippen LogP contribution is -2.51. The van der Waals surface area contributed by atoms with Crippen molar-refractivity contribution in [3.63, 3.8) is 0 Å². The Morgan fingerprint density at radius 2 is 1.82 bits per heavy atom. The fourth-order valence-electron chi connectivity index (χ4n) is 3.60. The van der Waals surface area contributed by atoms with Crippen LogP contribution in [0.2, 0.25) is 0 Å². The number of carbonyl (C=O) groups is 1. The maximum Gasteiger partial charge on any atom is 0.249 e. The highest BCUT2D eigenvalue weighted by atomic mass is 16.5. The van der Waals surface area contributed by atoms with Gasteiger partial charge in [0, 0.05) is 51.4 Å². The van der Waals surface area contributed by atoms with Gasteiger partial charge in [0.25, 0.3) is 0 Å². The zero-order valence-electron chi connectivity index (χ0n) is 13.3. The molecular weight excluding hydrogens is 284 g/mol. The minimum Gasteiger partial charge on any atom is -0.381 e. The molecule has 22 heavy (non-hydrogen) atoms. The fourth-order valence-corrected chi connectivity index (χ4v) is 3.60. The van der Waals surface area contributed by atoms with Gasteiger partial charge in [-0.25, -0.2) is 0 Å². The van der Waals surface area contributed by atoms with Gasteiger partial charge in [-0.1, -0.05) is 0 Å². The number of hydrogen-bond donors (Lipinski definition) is 1. The van der Waals surface area contributed by atoms with Crippen molar-refractivity contribution >= 4 is 5.91 Å². The highest BCUT2D eigenvalue weighted by molar-refractivity contribution is 5.81. The fraction of sp³-hybridized carbons (Fsp3) is 0.938. The molecule has 3 fully saturated rings. The van der Waals surface area contributed by atoms with Gasteiger partial charge in [0.2, 0.25) is 5.91 Å². The number of carbonyl (C=O) groups excluding carboxylic acids is 1. The summed E-state index contributed by atoms with van der Waals surface area (Å²) in [4.78, 5) is 14.7. The molecule has 0 aromatic heterocycles. The van der Waals surface area contributed by atoms with Crippen LogP contribution >= 0.6 is 0 Å². The van der Waals surface area contributed by atoms with Crippen molar-refractivity contribution < 1.29 is 19.0 Å². The van der Waals surface area contributed by atoms with Crippen LogP contribution in [-0.2, 0) is 19.0 Å². The van der Waals surface area contributed by atoms with E-state index in [9.17, 15) is 4.79 Å². The number of nitrogens with zero attached hydrogens (tertiary/aromatic N) is 1. The first-order chi connectivity index (χ1) is 10.8. The van der Waals surface area contributed by atoms with E-state index >= 15 is 0 Å². The van der Waals surface area contributed by atoms with E-state index in [1.165, 1.54) is 0 Å². The summed E-state index contributed by atoms with van der Waals surface area (Å²) in [7, 11) is 0. The van der Waals surface area contributed by atoms with Crippen LogP contribution in [0.25, 0.3) is 0 Å². The van der Waals surface area contributed by atoms with Crippen LogP contribution in [0, 0.1) is 5.41 Å². The molecule has 126 valence electrons. The number of amides is 1. The first-order valence-corrected chi connectivity index (χ1v) is 8.55. The highest BCUT2D eigenvalue weighted by Gasteiger charge is 2.36. The summed E-state index contributed by atoms with van der Waals surface area (Å²) in [6.45, 7) is 7.65. The molecule has 3 aliphatic rings. The summed E-state index contributed by atoms with van der Waals surface area (Å²) in [5, 5.41) is 3.15. The monoisotopic (exact) mass is 312 g/mol. The van der Waals surface area contributed by atoms with Crippen LogP contribution in [0.4, 0.5) is 0 Å². The summed E-state index contributed by atoms with van der Waals surface area (Å²) in [5.41, 5.74) is 0.129. The van der Waals surface area contributed by atoms with E-state index in [2.05, 4.69) is 10.2 Å². The van der Waals surface area contributed by atoms with Gasteiger partial charge in [-0.2, -0.15) is 0 Å². The summed E-state index contributed by atoms with van der Waals surface area (Å²) >= 11 is 0. The Kier molecular flexibility index (Phi) is 5.68. The average Bonchev–Trinajstić information content (AvgIpc) is 3.09. The average molecular weight is 312 g/mol. The molecule has 6 nitrogen and oxygen atoms in total. The summed E-state index contributed by atoms with van der Waals surface area (Å²) in [6, 6.07) is 0. The first-order valence-electron chi connectivity index (χ1n) is 8.55. The van der Waals surface area contributed by atoms with Gasteiger partial charge in [0.05, 0.1) is 13.2 Å². The third-order valence-electron chi connectivity index (χ3n) is 5.08. The van der Waals surface area contributed by atoms with E-state index in [1.54, 1.807) is 0 Å². The molecular formula is C16H28N2O4. The van der Waals surface area contributed by atoms with Gasteiger partial charge in [0.1, 0.15) is 6.10 Å². The first kappa shape index (κ1) is 16.2. The van der Waals surface area contributed by atoms with Crippen molar-refractivity contribution in [1.29, 1.82) is 0 Å². The van der Waals surface area contributed by atoms with Gasteiger partial charge in [0.15, 0.2) is 0 Å². The molecule has 0 saturated carbocycles. The molecule has 1 atom stereocenters. The Labute approximate surface area is 132 Å². The van der Waals surface area contributed by atoms with E-state index in [-0.39, 0.29) is 17.4 Å². The number of hydrogen-bond acceptors (Lipinski definition) is 5. The van der Waals surface area contributed by atoms with E-state index in [0.717, 1.165) is 78.3 Å². The predicted octanol–water partition coefficient (Wildman–Crippen LogP) is 0.411. The van der Waals surface area contributed by atoms with Gasteiger partial charge in [-0.3, -0.25) is 9.69 Å². The molecule has 1 unspecified atom stereocenters. The van der Waals surface area contributed by atoms with Gasteiger partial charge >= 0.3 is 0 Å². The van der Waals surface area contributed by atoms with Crippen molar-refractivity contribution in [3.05, 3.63) is 0 Å². The minimum atomic E-state index is -0.236. The molecule has 0 aliphatic carbocycles. The van der Waals surface area contributed by atoms with Crippen LogP contribution in [0.5, 0.6) is 0 Å². The molecule has 0 spiro atoms. The Balaban J connectivity index is 1.54. The number of rotatable bonds is 5. The van der Waals surface area contributed by atoms with Gasteiger partial charge < -0.3 is 19.5 Å². The van der Waals surface area contributed by atoms with E-state index in [4.69, 9.17) is 14.2 Å². The molecule has 0 bridgehead atoms. The molecule has 0 aromatic carbocycles. The lowest BCUT2D eigenvalue weighted by Gasteiger charge is -2.42. The Hall–Kier alpha value is -0.690. The van der Waals surface area contributed by atoms with Crippen LogP contribution in [-0.4, -0.2) is 76.1 Å². The van der Waals surface area contributed by atoms with Gasteiger partial charge in [-0.15, -0.1) is 0 Å². The molecule has 1 N–H and O–H groups in total. The normalized spacial score (nSPS) is 29.4. The van der Waals surface area contributed by atoms with Crippen molar-refractivity contribution in [1.82, 2.24) is 10.2 Å². The molecule has 3 heterocycles. The Morgan fingerprint density at radius 3 is 2.50 bits per heavy atom. The topological polar surface area (TPSA) is 60.0 Å². The summed E-state index contributed by atoms with van der Waals surface area (Å²) < 4.78 is 16.4. The molecule has 3 rings (SSSR count). The van der Waals surface area contributed by atoms with Gasteiger partial charge in [-0.05, 0) is 25.7 Å². The van der Waals surface area contributed by atoms with Crippen LogP contribution < -0.4 is 5.32 Å². The van der Waals surface area contributed by atoms with Crippen molar-refractivity contribution in [2.75, 3.05) is 59.2 Å². The standard InChI is InChI=1S/C16H28N2O4/c19-15(14-2-1-7-22-14)17-12-16(3-8-20-9-4-16)13-18-5-10-21-11-6-18/h14H,1-13H2,(H,17,19). The van der Waals surface area contributed by atoms with Crippen LogP contribution in [0.3, 0.4) is 0 Å². The number of nitrogens with one attached hydrogen (secondary N) is 1. The van der Waals surface area contributed by atoms with E-state index in [0.29, 0.717) is 6.61 Å². The highest BCUT2D eigenvalue weighted by Crippen LogP contribution is 2.31. The Bertz CT molecular complexity index is 359. The number of morpholine rings is 1. The second-order valence-corrected chi connectivity index (χ2v) is 6.72.